The number of carbonyl (C=O) groups is 1. The minimum absolute atomic E-state index is 0.0255. The molecule has 1 N–H and O–H groups in total. The molecule has 2 fully saturated rings. The quantitative estimate of drug-likeness (QED) is 0.838. The van der Waals surface area contributed by atoms with E-state index in [4.69, 9.17) is 10.5 Å². The van der Waals surface area contributed by atoms with Gasteiger partial charge in [0.2, 0.25) is 5.91 Å². The van der Waals surface area contributed by atoms with E-state index in [0.29, 0.717) is 5.69 Å². The molecule has 0 bridgehead atoms. The Morgan fingerprint density at radius 3 is 2.77 bits per heavy atom. The topological polar surface area (TPSA) is 96.0 Å². The molecule has 2 aliphatic heterocycles. The van der Waals surface area contributed by atoms with Gasteiger partial charge in [-0.1, -0.05) is 6.07 Å². The molecule has 1 aromatic heterocycles. The number of hydrogen-bond donors (Lipinski definition) is 1. The first-order chi connectivity index (χ1) is 14.6. The average Bonchev–Trinajstić information content (AvgIpc) is 3.16. The lowest BCUT2D eigenvalue weighted by Crippen LogP contribution is -2.46. The zero-order valence-electron chi connectivity index (χ0n) is 16.6. The average molecular weight is 406 g/mol. The predicted molar refractivity (Wildman–Crippen MR) is 110 cm³/mol. The second-order valence-corrected chi connectivity index (χ2v) is 7.90. The fourth-order valence-electron chi connectivity index (χ4n) is 4.26. The van der Waals surface area contributed by atoms with Crippen LogP contribution in [0.3, 0.4) is 0 Å². The molecule has 2 atom stereocenters. The van der Waals surface area contributed by atoms with Gasteiger partial charge >= 0.3 is 0 Å². The highest BCUT2D eigenvalue weighted by Gasteiger charge is 2.36. The van der Waals surface area contributed by atoms with E-state index in [-0.39, 0.29) is 31.5 Å². The first kappa shape index (κ1) is 20.1. The van der Waals surface area contributed by atoms with Gasteiger partial charge in [-0.05, 0) is 37.1 Å². The van der Waals surface area contributed by atoms with E-state index in [0.717, 1.165) is 42.5 Å². The molecule has 0 saturated carbocycles. The van der Waals surface area contributed by atoms with E-state index in [1.54, 1.807) is 6.07 Å². The number of carbonyl (C=O) groups excluding carboxylic acids is 1. The summed E-state index contributed by atoms with van der Waals surface area (Å²) in [6.07, 6.45) is 0.763. The number of nitrogens with one attached hydrogen (secondary N) is 1. The van der Waals surface area contributed by atoms with Crippen molar-refractivity contribution in [3.8, 4) is 12.1 Å². The number of pyridine rings is 1. The Morgan fingerprint density at radius 1 is 1.23 bits per heavy atom. The van der Waals surface area contributed by atoms with Gasteiger partial charge < -0.3 is 10.2 Å². The standard InChI is InChI=1S/C22H23FN6O/c23-15-10-18(12-25)29(13-15)22(30)14-28-8-6-16(7-9-28)26-20-2-1-3-21-19(20)5-4-17(11-24)27-21/h1-5,15-16,18,26H,6-10,13-14H2/t15-,18-/m0/s1. The number of anilines is 1. The van der Waals surface area contributed by atoms with Gasteiger partial charge in [-0.15, -0.1) is 0 Å². The smallest absolute Gasteiger partial charge is 0.237 e. The van der Waals surface area contributed by atoms with Crippen molar-refractivity contribution in [2.24, 2.45) is 0 Å². The Kier molecular flexibility index (Phi) is 5.78. The van der Waals surface area contributed by atoms with E-state index in [1.165, 1.54) is 4.90 Å². The van der Waals surface area contributed by atoms with Crippen molar-refractivity contribution in [3.63, 3.8) is 0 Å². The van der Waals surface area contributed by atoms with Crippen molar-refractivity contribution in [1.82, 2.24) is 14.8 Å². The minimum atomic E-state index is -1.10. The van der Waals surface area contributed by atoms with Gasteiger partial charge in [0, 0.05) is 36.6 Å². The highest BCUT2D eigenvalue weighted by molar-refractivity contribution is 5.91. The van der Waals surface area contributed by atoms with Crippen LogP contribution in [0, 0.1) is 22.7 Å². The summed E-state index contributed by atoms with van der Waals surface area (Å²) < 4.78 is 13.6. The molecular formula is C22H23FN6O. The van der Waals surface area contributed by atoms with E-state index >= 15 is 0 Å². The molecule has 3 heterocycles. The number of hydrogen-bond acceptors (Lipinski definition) is 6. The van der Waals surface area contributed by atoms with Crippen LogP contribution in [0.2, 0.25) is 0 Å². The molecule has 4 rings (SSSR count). The Hall–Kier alpha value is -3.23. The summed E-state index contributed by atoms with van der Waals surface area (Å²) in [4.78, 5) is 20.3. The summed E-state index contributed by atoms with van der Waals surface area (Å²) in [6.45, 7) is 1.77. The van der Waals surface area contributed by atoms with Gasteiger partial charge in [-0.3, -0.25) is 9.69 Å². The van der Waals surface area contributed by atoms with Crippen LogP contribution in [-0.2, 0) is 4.79 Å². The third-order valence-corrected chi connectivity index (χ3v) is 5.87. The number of aromatic nitrogens is 1. The van der Waals surface area contributed by atoms with Crippen LogP contribution in [0.15, 0.2) is 30.3 Å². The molecule has 1 aromatic carbocycles. The third-order valence-electron chi connectivity index (χ3n) is 5.87. The van der Waals surface area contributed by atoms with E-state index < -0.39 is 12.2 Å². The Labute approximate surface area is 174 Å². The number of nitrogens with zero attached hydrogens (tertiary/aromatic N) is 5. The highest BCUT2D eigenvalue weighted by Crippen LogP contribution is 2.25. The maximum Gasteiger partial charge on any atom is 0.237 e. The molecule has 0 spiro atoms. The number of nitriles is 2. The van der Waals surface area contributed by atoms with Crippen LogP contribution in [0.25, 0.3) is 10.9 Å². The maximum atomic E-state index is 13.6. The summed E-state index contributed by atoms with van der Waals surface area (Å²) in [6, 6.07) is 13.2. The summed E-state index contributed by atoms with van der Waals surface area (Å²) in [7, 11) is 0. The monoisotopic (exact) mass is 406 g/mol. The number of likely N-dealkylation sites (tertiary alicyclic amines) is 2. The van der Waals surface area contributed by atoms with Gasteiger partial charge in [0.15, 0.2) is 0 Å². The zero-order valence-corrected chi connectivity index (χ0v) is 16.6. The second kappa shape index (κ2) is 8.64. The van der Waals surface area contributed by atoms with Crippen molar-refractivity contribution in [2.45, 2.75) is 37.5 Å². The lowest BCUT2D eigenvalue weighted by molar-refractivity contribution is -0.132. The Bertz CT molecular complexity index is 1020. The van der Waals surface area contributed by atoms with Gasteiger partial charge in [-0.25, -0.2) is 9.37 Å². The molecule has 7 nitrogen and oxygen atoms in total. The molecule has 1 amide bonds. The first-order valence-electron chi connectivity index (χ1n) is 10.2. The molecule has 2 aromatic rings. The predicted octanol–water partition coefficient (Wildman–Crippen LogP) is 2.45. The van der Waals surface area contributed by atoms with Crippen molar-refractivity contribution < 1.29 is 9.18 Å². The van der Waals surface area contributed by atoms with E-state index in [2.05, 4.69) is 21.3 Å². The van der Waals surface area contributed by atoms with Crippen molar-refractivity contribution in [2.75, 3.05) is 31.5 Å². The van der Waals surface area contributed by atoms with Crippen LogP contribution < -0.4 is 5.32 Å². The Balaban J connectivity index is 1.33. The third kappa shape index (κ3) is 4.19. The second-order valence-electron chi connectivity index (χ2n) is 7.90. The molecule has 0 radical (unpaired) electrons. The van der Waals surface area contributed by atoms with Crippen LogP contribution in [0.4, 0.5) is 10.1 Å². The van der Waals surface area contributed by atoms with Gasteiger partial charge in [-0.2, -0.15) is 10.5 Å². The fraction of sp³-hybridized carbons (Fsp3) is 0.455. The molecule has 2 saturated heterocycles. The minimum Gasteiger partial charge on any atom is -0.382 e. The summed E-state index contributed by atoms with van der Waals surface area (Å²) in [5, 5.41) is 22.7. The molecule has 30 heavy (non-hydrogen) atoms. The number of fused-ring (bicyclic) bond motifs is 1. The first-order valence-corrected chi connectivity index (χ1v) is 10.2. The van der Waals surface area contributed by atoms with Crippen LogP contribution in [0.5, 0.6) is 0 Å². The number of halogens is 1. The van der Waals surface area contributed by atoms with E-state index in [9.17, 15) is 9.18 Å². The largest absolute Gasteiger partial charge is 0.382 e. The van der Waals surface area contributed by atoms with Crippen molar-refractivity contribution >= 4 is 22.5 Å². The SMILES string of the molecule is N#Cc1ccc2c(NC3CCN(CC(=O)N4C[C@@H](F)C[C@H]4C#N)CC3)cccc2n1. The Morgan fingerprint density at radius 2 is 2.03 bits per heavy atom. The van der Waals surface area contributed by atoms with Crippen LogP contribution >= 0.6 is 0 Å². The number of rotatable bonds is 4. The van der Waals surface area contributed by atoms with Crippen molar-refractivity contribution in [3.05, 3.63) is 36.0 Å². The lowest BCUT2D eigenvalue weighted by atomic mass is 10.0. The number of piperidine rings is 1. The van der Waals surface area contributed by atoms with Gasteiger partial charge in [0.1, 0.15) is 24.0 Å². The fourth-order valence-corrected chi connectivity index (χ4v) is 4.26. The van der Waals surface area contributed by atoms with Gasteiger partial charge in [0.25, 0.3) is 0 Å². The van der Waals surface area contributed by atoms with E-state index in [1.807, 2.05) is 30.3 Å². The number of benzene rings is 1. The molecule has 0 unspecified atom stereocenters. The van der Waals surface area contributed by atoms with Gasteiger partial charge in [0.05, 0.1) is 24.7 Å². The summed E-state index contributed by atoms with van der Waals surface area (Å²) in [5.74, 6) is -0.165. The molecule has 2 aliphatic rings. The zero-order chi connectivity index (χ0) is 21.1. The molecule has 154 valence electrons. The number of alkyl halides is 1. The summed E-state index contributed by atoms with van der Waals surface area (Å²) in [5.41, 5.74) is 2.17. The molecule has 8 heteroatoms. The normalized spacial score (nSPS) is 22.6. The van der Waals surface area contributed by atoms with Crippen molar-refractivity contribution in [1.29, 1.82) is 10.5 Å². The maximum absolute atomic E-state index is 13.6. The summed E-state index contributed by atoms with van der Waals surface area (Å²) >= 11 is 0. The lowest BCUT2D eigenvalue weighted by Gasteiger charge is -2.33. The van der Waals surface area contributed by atoms with Crippen LogP contribution in [-0.4, -0.2) is 65.1 Å². The number of amides is 1. The molecule has 0 aliphatic carbocycles. The van der Waals surface area contributed by atoms with Crippen LogP contribution in [0.1, 0.15) is 25.0 Å². The highest BCUT2D eigenvalue weighted by atomic mass is 19.1. The molecular weight excluding hydrogens is 383 g/mol.